The monoisotopic (exact) mass is 753 g/mol. The Balaban J connectivity index is 3.50. The summed E-state index contributed by atoms with van der Waals surface area (Å²) in [5, 5.41) is 9.62. The smallest absolute Gasteiger partial charge is 0.306 e. The summed E-state index contributed by atoms with van der Waals surface area (Å²) in [5.74, 6) is -0.241. The van der Waals surface area contributed by atoms with Crippen LogP contribution in [0.1, 0.15) is 213 Å². The molecule has 0 heterocycles. The average molecular weight is 753 g/mol. The SMILES string of the molecule is CC/C=C\C/C=C\C/C=C\C/C=C\C/C=C\C/C=C\CCCCC(=O)OC(CO)COCCCCCCCCCCCCCCCCCCCCCCC. The lowest BCUT2D eigenvalue weighted by Crippen LogP contribution is -2.27. The van der Waals surface area contributed by atoms with Crippen molar-refractivity contribution in [3.05, 3.63) is 72.9 Å². The highest BCUT2D eigenvalue weighted by molar-refractivity contribution is 5.69. The van der Waals surface area contributed by atoms with Gasteiger partial charge in [-0.3, -0.25) is 4.79 Å². The van der Waals surface area contributed by atoms with Crippen LogP contribution < -0.4 is 0 Å². The van der Waals surface area contributed by atoms with Gasteiger partial charge in [0.05, 0.1) is 13.2 Å². The number of hydrogen-bond donors (Lipinski definition) is 1. The number of aliphatic hydroxyl groups is 1. The standard InChI is InChI=1S/C50H88O4/c1-3-5-7-9-11-13-15-17-19-21-23-25-27-29-31-33-35-37-39-41-43-45-50(52)54-49(47-51)48-53-46-44-42-40-38-36-34-32-30-28-26-24-22-20-18-16-14-12-10-8-6-4-2/h5,7,11,13,17,19,23,25,29,31,35,37,49,51H,3-4,6,8-10,12,14-16,18,20-22,24,26-28,30,32-34,36,38-48H2,1-2H3/b7-5-,13-11-,19-17-,25-23-,31-29-,37-35-. The first-order valence-corrected chi connectivity index (χ1v) is 23.0. The van der Waals surface area contributed by atoms with Gasteiger partial charge in [-0.05, 0) is 64.2 Å². The third-order valence-electron chi connectivity index (χ3n) is 9.80. The van der Waals surface area contributed by atoms with Gasteiger partial charge < -0.3 is 14.6 Å². The number of allylic oxidation sites excluding steroid dienone is 12. The molecule has 0 aliphatic rings. The van der Waals surface area contributed by atoms with Gasteiger partial charge in [-0.25, -0.2) is 0 Å². The molecule has 54 heavy (non-hydrogen) atoms. The molecule has 0 spiro atoms. The van der Waals surface area contributed by atoms with Crippen LogP contribution in [0.25, 0.3) is 0 Å². The fourth-order valence-electron chi connectivity index (χ4n) is 6.39. The van der Waals surface area contributed by atoms with E-state index >= 15 is 0 Å². The summed E-state index contributed by atoms with van der Waals surface area (Å²) in [6, 6.07) is 0. The molecule has 312 valence electrons. The molecule has 0 aliphatic carbocycles. The lowest BCUT2D eigenvalue weighted by Gasteiger charge is -2.15. The van der Waals surface area contributed by atoms with Crippen LogP contribution in [0, 0.1) is 0 Å². The number of aliphatic hydroxyl groups excluding tert-OH is 1. The molecule has 1 N–H and O–H groups in total. The van der Waals surface area contributed by atoms with Gasteiger partial charge >= 0.3 is 5.97 Å². The first-order chi connectivity index (χ1) is 26.7. The molecule has 0 saturated carbocycles. The maximum Gasteiger partial charge on any atom is 0.306 e. The predicted octanol–water partition coefficient (Wildman–Crippen LogP) is 15.4. The second-order valence-corrected chi connectivity index (χ2v) is 15.1. The van der Waals surface area contributed by atoms with Gasteiger partial charge in [0, 0.05) is 13.0 Å². The Morgan fingerprint density at radius 2 is 0.833 bits per heavy atom. The Morgan fingerprint density at radius 1 is 0.463 bits per heavy atom. The number of carbonyl (C=O) groups excluding carboxylic acids is 1. The van der Waals surface area contributed by atoms with Gasteiger partial charge in [0.2, 0.25) is 0 Å². The average Bonchev–Trinajstić information content (AvgIpc) is 3.18. The van der Waals surface area contributed by atoms with Crippen molar-refractivity contribution < 1.29 is 19.4 Å². The Labute approximate surface area is 336 Å². The molecule has 0 amide bonds. The highest BCUT2D eigenvalue weighted by atomic mass is 16.6. The molecule has 0 radical (unpaired) electrons. The Hall–Kier alpha value is -2.17. The van der Waals surface area contributed by atoms with Gasteiger partial charge in [0.25, 0.3) is 0 Å². The molecule has 0 saturated heterocycles. The molecule has 4 heteroatoms. The number of esters is 1. The van der Waals surface area contributed by atoms with E-state index in [1.54, 1.807) is 0 Å². The van der Waals surface area contributed by atoms with E-state index in [0.717, 1.165) is 64.2 Å². The van der Waals surface area contributed by atoms with Crippen LogP contribution in [0.15, 0.2) is 72.9 Å². The molecule has 0 aromatic heterocycles. The van der Waals surface area contributed by atoms with E-state index in [1.807, 2.05) is 0 Å². The second-order valence-electron chi connectivity index (χ2n) is 15.1. The normalized spacial score (nSPS) is 13.0. The van der Waals surface area contributed by atoms with Gasteiger partial charge in [-0.1, -0.05) is 215 Å². The Morgan fingerprint density at radius 3 is 1.22 bits per heavy atom. The van der Waals surface area contributed by atoms with Crippen molar-refractivity contribution in [3.8, 4) is 0 Å². The maximum atomic E-state index is 12.2. The van der Waals surface area contributed by atoms with E-state index in [2.05, 4.69) is 86.8 Å². The van der Waals surface area contributed by atoms with Crippen LogP contribution in [0.3, 0.4) is 0 Å². The summed E-state index contributed by atoms with van der Waals surface area (Å²) in [6.07, 6.45) is 64.1. The summed E-state index contributed by atoms with van der Waals surface area (Å²) >= 11 is 0. The molecule has 0 fully saturated rings. The summed E-state index contributed by atoms with van der Waals surface area (Å²) in [4.78, 5) is 12.2. The third kappa shape index (κ3) is 44.2. The van der Waals surface area contributed by atoms with Crippen molar-refractivity contribution in [3.63, 3.8) is 0 Å². The Kier molecular flexibility index (Phi) is 45.1. The van der Waals surface area contributed by atoms with Crippen molar-refractivity contribution in [2.75, 3.05) is 19.8 Å². The fourth-order valence-corrected chi connectivity index (χ4v) is 6.39. The van der Waals surface area contributed by atoms with Crippen molar-refractivity contribution >= 4 is 5.97 Å². The van der Waals surface area contributed by atoms with Crippen LogP contribution in [0.5, 0.6) is 0 Å². The Bertz CT molecular complexity index is 927. The molecule has 0 aliphatic heterocycles. The van der Waals surface area contributed by atoms with Crippen molar-refractivity contribution in [2.45, 2.75) is 219 Å². The summed E-state index contributed by atoms with van der Waals surface area (Å²) < 4.78 is 11.2. The zero-order chi connectivity index (χ0) is 39.1. The highest BCUT2D eigenvalue weighted by Crippen LogP contribution is 2.15. The number of carbonyl (C=O) groups is 1. The number of rotatable bonds is 42. The van der Waals surface area contributed by atoms with Crippen LogP contribution in [0.2, 0.25) is 0 Å². The molecule has 1 atom stereocenters. The third-order valence-corrected chi connectivity index (χ3v) is 9.80. The van der Waals surface area contributed by atoms with Crippen molar-refractivity contribution in [2.24, 2.45) is 0 Å². The zero-order valence-corrected chi connectivity index (χ0v) is 35.7. The van der Waals surface area contributed by atoms with Crippen LogP contribution in [-0.4, -0.2) is 37.0 Å². The van der Waals surface area contributed by atoms with E-state index in [4.69, 9.17) is 9.47 Å². The molecule has 0 aromatic rings. The summed E-state index contributed by atoms with van der Waals surface area (Å²) in [7, 11) is 0. The minimum atomic E-state index is -0.559. The van der Waals surface area contributed by atoms with Gasteiger partial charge in [0.1, 0.15) is 6.10 Å². The van der Waals surface area contributed by atoms with Gasteiger partial charge in [-0.15, -0.1) is 0 Å². The van der Waals surface area contributed by atoms with E-state index in [0.29, 0.717) is 13.0 Å². The lowest BCUT2D eigenvalue weighted by molar-refractivity contribution is -0.154. The number of ether oxygens (including phenoxy) is 2. The minimum Gasteiger partial charge on any atom is -0.457 e. The molecule has 4 nitrogen and oxygen atoms in total. The minimum absolute atomic E-state index is 0.191. The number of hydrogen-bond acceptors (Lipinski definition) is 4. The molecule has 0 aromatic carbocycles. The first kappa shape index (κ1) is 51.8. The van der Waals surface area contributed by atoms with E-state index in [1.165, 1.54) is 128 Å². The molecule has 1 unspecified atom stereocenters. The molecule has 0 rings (SSSR count). The molecular weight excluding hydrogens is 665 g/mol. The maximum absolute atomic E-state index is 12.2. The lowest BCUT2D eigenvalue weighted by atomic mass is 10.0. The summed E-state index contributed by atoms with van der Waals surface area (Å²) in [6.45, 7) is 5.20. The van der Waals surface area contributed by atoms with Crippen molar-refractivity contribution in [1.29, 1.82) is 0 Å². The van der Waals surface area contributed by atoms with Gasteiger partial charge in [-0.2, -0.15) is 0 Å². The highest BCUT2D eigenvalue weighted by Gasteiger charge is 2.13. The van der Waals surface area contributed by atoms with E-state index in [-0.39, 0.29) is 19.2 Å². The predicted molar refractivity (Wildman–Crippen MR) is 237 cm³/mol. The molecule has 0 bridgehead atoms. The van der Waals surface area contributed by atoms with E-state index in [9.17, 15) is 9.90 Å². The topological polar surface area (TPSA) is 55.8 Å². The van der Waals surface area contributed by atoms with Crippen LogP contribution in [0.4, 0.5) is 0 Å². The van der Waals surface area contributed by atoms with Crippen LogP contribution >= 0.6 is 0 Å². The van der Waals surface area contributed by atoms with Crippen molar-refractivity contribution in [1.82, 2.24) is 0 Å². The fraction of sp³-hybridized carbons (Fsp3) is 0.740. The largest absolute Gasteiger partial charge is 0.457 e. The summed E-state index contributed by atoms with van der Waals surface area (Å²) in [5.41, 5.74) is 0. The second kappa shape index (κ2) is 47.0. The first-order valence-electron chi connectivity index (χ1n) is 23.0. The van der Waals surface area contributed by atoms with Gasteiger partial charge in [0.15, 0.2) is 0 Å². The van der Waals surface area contributed by atoms with E-state index < -0.39 is 6.10 Å². The zero-order valence-electron chi connectivity index (χ0n) is 35.7. The number of unbranched alkanes of at least 4 members (excludes halogenated alkanes) is 22. The van der Waals surface area contributed by atoms with Crippen LogP contribution in [-0.2, 0) is 14.3 Å². The molecular formula is C50H88O4. The quantitative estimate of drug-likeness (QED) is 0.0383.